The van der Waals surface area contributed by atoms with Gasteiger partial charge in [0.05, 0.1) is 19.0 Å². The smallest absolute Gasteiger partial charge is 0.188 e. The molecule has 0 aromatic heterocycles. The molecular formula is C17H27N4O2+. The molecule has 1 heterocycles. The molecule has 1 saturated heterocycles. The SMILES string of the molecule is CCC(N)=Nc1cc2c(cc1[NH2+]O)CC(CN1CCOCC1)C2. The predicted octanol–water partition coefficient (Wildman–Crippen LogP) is 0.716. The molecule has 1 aromatic rings. The lowest BCUT2D eigenvalue weighted by atomic mass is 10.1. The van der Waals surface area contributed by atoms with Gasteiger partial charge in [0.15, 0.2) is 5.69 Å². The summed E-state index contributed by atoms with van der Waals surface area (Å²) in [6.07, 6.45) is 2.86. The number of hydrogen-bond acceptors (Lipinski definition) is 4. The lowest BCUT2D eigenvalue weighted by Gasteiger charge is -2.28. The van der Waals surface area contributed by atoms with Gasteiger partial charge in [-0.25, -0.2) is 10.2 Å². The van der Waals surface area contributed by atoms with Crippen LogP contribution in [-0.4, -0.2) is 48.8 Å². The number of ether oxygens (including phenoxy) is 1. The van der Waals surface area contributed by atoms with Crippen LogP contribution in [0.3, 0.4) is 0 Å². The van der Waals surface area contributed by atoms with E-state index in [4.69, 9.17) is 10.5 Å². The maximum atomic E-state index is 9.51. The Balaban J connectivity index is 1.73. The summed E-state index contributed by atoms with van der Waals surface area (Å²) in [7, 11) is 0. The first kappa shape index (κ1) is 16.4. The number of fused-ring (bicyclic) bond motifs is 1. The first-order chi connectivity index (χ1) is 11.2. The van der Waals surface area contributed by atoms with Crippen molar-refractivity contribution in [1.29, 1.82) is 0 Å². The normalized spacial score (nSPS) is 22.3. The zero-order chi connectivity index (χ0) is 16.2. The predicted molar refractivity (Wildman–Crippen MR) is 89.5 cm³/mol. The van der Waals surface area contributed by atoms with Crippen molar-refractivity contribution in [2.75, 3.05) is 32.8 Å². The maximum Gasteiger partial charge on any atom is 0.188 e. The Morgan fingerprint density at radius 2 is 2.04 bits per heavy atom. The van der Waals surface area contributed by atoms with E-state index in [0.717, 1.165) is 62.5 Å². The Morgan fingerprint density at radius 1 is 1.35 bits per heavy atom. The molecule has 0 amide bonds. The fourth-order valence-electron chi connectivity index (χ4n) is 3.48. The largest absolute Gasteiger partial charge is 0.387 e. The molecule has 1 unspecified atom stereocenters. The lowest BCUT2D eigenvalue weighted by Crippen LogP contribution is -2.73. The summed E-state index contributed by atoms with van der Waals surface area (Å²) in [5.41, 5.74) is 11.2. The Kier molecular flexibility index (Phi) is 5.27. The quantitative estimate of drug-likeness (QED) is 0.323. The second-order valence-electron chi connectivity index (χ2n) is 6.45. The van der Waals surface area contributed by atoms with E-state index in [1.807, 2.05) is 6.92 Å². The highest BCUT2D eigenvalue weighted by molar-refractivity contribution is 5.84. The molecule has 2 aliphatic rings. The Hall–Kier alpha value is -1.47. The second-order valence-corrected chi connectivity index (χ2v) is 6.45. The van der Waals surface area contributed by atoms with Crippen LogP contribution in [0.15, 0.2) is 17.1 Å². The molecule has 6 heteroatoms. The molecule has 5 N–H and O–H groups in total. The van der Waals surface area contributed by atoms with Gasteiger partial charge in [0, 0.05) is 32.1 Å². The van der Waals surface area contributed by atoms with Crippen LogP contribution in [0, 0.1) is 5.92 Å². The van der Waals surface area contributed by atoms with E-state index in [1.165, 1.54) is 11.1 Å². The number of nitrogens with two attached hydrogens (primary N) is 2. The van der Waals surface area contributed by atoms with E-state index in [9.17, 15) is 5.21 Å². The molecule has 3 rings (SSSR count). The van der Waals surface area contributed by atoms with Gasteiger partial charge in [-0.2, -0.15) is 5.48 Å². The number of quaternary nitrogens is 1. The van der Waals surface area contributed by atoms with E-state index in [2.05, 4.69) is 22.0 Å². The minimum absolute atomic E-state index is 0.593. The summed E-state index contributed by atoms with van der Waals surface area (Å²) in [5, 5.41) is 9.51. The fourth-order valence-corrected chi connectivity index (χ4v) is 3.48. The summed E-state index contributed by atoms with van der Waals surface area (Å²) in [4.78, 5) is 6.94. The van der Waals surface area contributed by atoms with Crippen molar-refractivity contribution in [3.05, 3.63) is 23.3 Å². The highest BCUT2D eigenvalue weighted by Crippen LogP contribution is 2.34. The van der Waals surface area contributed by atoms with Crippen molar-refractivity contribution >= 4 is 17.2 Å². The van der Waals surface area contributed by atoms with Crippen LogP contribution in [0.4, 0.5) is 11.4 Å². The van der Waals surface area contributed by atoms with Gasteiger partial charge >= 0.3 is 0 Å². The van der Waals surface area contributed by atoms with Crippen molar-refractivity contribution in [1.82, 2.24) is 4.90 Å². The average Bonchev–Trinajstić information content (AvgIpc) is 2.95. The first-order valence-corrected chi connectivity index (χ1v) is 8.46. The van der Waals surface area contributed by atoms with Gasteiger partial charge in [-0.15, -0.1) is 0 Å². The standard InChI is InChI=1S/C17H26N4O2/c1-2-17(18)19-15-9-13-7-12(8-14(13)10-16(15)20-22)11-21-3-5-23-6-4-21/h9-10,12,20,22H,2-8,11H2,1H3,(H2,18,19)/p+1. The zero-order valence-corrected chi connectivity index (χ0v) is 13.8. The van der Waals surface area contributed by atoms with Gasteiger partial charge in [0.25, 0.3) is 0 Å². The molecule has 1 atom stereocenters. The summed E-state index contributed by atoms with van der Waals surface area (Å²) >= 11 is 0. The van der Waals surface area contributed by atoms with Crippen LogP contribution in [0.1, 0.15) is 24.5 Å². The molecule has 6 nitrogen and oxygen atoms in total. The van der Waals surface area contributed by atoms with Crippen LogP contribution < -0.4 is 11.2 Å². The van der Waals surface area contributed by atoms with Crippen molar-refractivity contribution in [3.63, 3.8) is 0 Å². The Bertz CT molecular complexity index is 582. The fraction of sp³-hybridized carbons (Fsp3) is 0.588. The zero-order valence-electron chi connectivity index (χ0n) is 13.8. The average molecular weight is 319 g/mol. The minimum Gasteiger partial charge on any atom is -0.387 e. The third-order valence-electron chi connectivity index (χ3n) is 4.75. The van der Waals surface area contributed by atoms with Gasteiger partial charge in [0.2, 0.25) is 0 Å². The molecule has 1 fully saturated rings. The topological polar surface area (TPSA) is 87.7 Å². The number of morpholine rings is 1. The Labute approximate surface area is 137 Å². The van der Waals surface area contributed by atoms with Crippen LogP contribution in [0.25, 0.3) is 0 Å². The molecule has 0 spiro atoms. The van der Waals surface area contributed by atoms with Crippen molar-refractivity contribution < 1.29 is 15.4 Å². The summed E-state index contributed by atoms with van der Waals surface area (Å²) in [5.74, 6) is 1.23. The molecule has 1 aliphatic carbocycles. The lowest BCUT2D eigenvalue weighted by molar-refractivity contribution is -0.825. The monoisotopic (exact) mass is 319 g/mol. The van der Waals surface area contributed by atoms with E-state index in [-0.39, 0.29) is 0 Å². The van der Waals surface area contributed by atoms with Gasteiger partial charge in [0.1, 0.15) is 5.69 Å². The molecule has 1 aromatic carbocycles. The van der Waals surface area contributed by atoms with Gasteiger partial charge < -0.3 is 10.5 Å². The summed E-state index contributed by atoms with van der Waals surface area (Å²) < 4.78 is 5.42. The first-order valence-electron chi connectivity index (χ1n) is 8.46. The molecule has 23 heavy (non-hydrogen) atoms. The van der Waals surface area contributed by atoms with E-state index < -0.39 is 0 Å². The van der Waals surface area contributed by atoms with E-state index in [0.29, 0.717) is 18.2 Å². The number of amidine groups is 1. The van der Waals surface area contributed by atoms with Gasteiger partial charge in [-0.1, -0.05) is 6.92 Å². The minimum atomic E-state index is 0.593. The highest BCUT2D eigenvalue weighted by Gasteiger charge is 2.26. The van der Waals surface area contributed by atoms with Crippen LogP contribution in [-0.2, 0) is 17.6 Å². The van der Waals surface area contributed by atoms with Crippen LogP contribution >= 0.6 is 0 Å². The molecule has 0 bridgehead atoms. The highest BCUT2D eigenvalue weighted by atomic mass is 16.5. The molecule has 0 radical (unpaired) electrons. The van der Waals surface area contributed by atoms with Gasteiger partial charge in [-0.3, -0.25) is 4.90 Å². The third-order valence-corrected chi connectivity index (χ3v) is 4.75. The van der Waals surface area contributed by atoms with Crippen molar-refractivity contribution in [2.45, 2.75) is 26.2 Å². The third kappa shape index (κ3) is 3.90. The summed E-state index contributed by atoms with van der Waals surface area (Å²) in [6.45, 7) is 6.85. The van der Waals surface area contributed by atoms with Crippen LogP contribution in [0.2, 0.25) is 0 Å². The van der Waals surface area contributed by atoms with E-state index >= 15 is 0 Å². The number of benzene rings is 1. The molecule has 0 saturated carbocycles. The van der Waals surface area contributed by atoms with Crippen molar-refractivity contribution in [3.8, 4) is 0 Å². The van der Waals surface area contributed by atoms with Gasteiger partial charge in [-0.05, 0) is 36.0 Å². The van der Waals surface area contributed by atoms with Crippen molar-refractivity contribution in [2.24, 2.45) is 16.6 Å². The number of hydrogen-bond donors (Lipinski definition) is 3. The maximum absolute atomic E-state index is 9.51. The van der Waals surface area contributed by atoms with Crippen LogP contribution in [0.5, 0.6) is 0 Å². The molecule has 126 valence electrons. The number of nitrogens with zero attached hydrogens (tertiary/aromatic N) is 2. The molecule has 1 aliphatic heterocycles. The number of aliphatic imine (C=N–C) groups is 1. The second kappa shape index (κ2) is 7.40. The Morgan fingerprint density at radius 3 is 2.70 bits per heavy atom. The number of rotatable bonds is 5. The molecular weight excluding hydrogens is 292 g/mol. The van der Waals surface area contributed by atoms with E-state index in [1.54, 1.807) is 0 Å². The summed E-state index contributed by atoms with van der Waals surface area (Å²) in [6, 6.07) is 4.16.